The number of allylic oxidation sites excluding steroid dienone is 6. The fraction of sp³-hybridized carbons (Fsp3) is 0.0606. The van der Waals surface area contributed by atoms with Crippen LogP contribution in [0.15, 0.2) is 103 Å². The predicted molar refractivity (Wildman–Crippen MR) is 153 cm³/mol. The van der Waals surface area contributed by atoms with Crippen molar-refractivity contribution in [3.63, 3.8) is 0 Å². The molecule has 3 heteroatoms. The van der Waals surface area contributed by atoms with Crippen LogP contribution in [0.2, 0.25) is 0 Å². The number of nitriles is 1. The molecule has 0 radical (unpaired) electrons. The van der Waals surface area contributed by atoms with Gasteiger partial charge in [0.1, 0.15) is 11.3 Å². The van der Waals surface area contributed by atoms with Gasteiger partial charge in [-0.1, -0.05) is 73.9 Å². The van der Waals surface area contributed by atoms with Crippen molar-refractivity contribution >= 4 is 56.2 Å². The van der Waals surface area contributed by atoms with Gasteiger partial charge in [-0.15, -0.1) is 0 Å². The van der Waals surface area contributed by atoms with Crippen molar-refractivity contribution in [3.8, 4) is 6.07 Å². The van der Waals surface area contributed by atoms with Crippen LogP contribution >= 0.6 is 0 Å². The van der Waals surface area contributed by atoms with Gasteiger partial charge in [0, 0.05) is 27.3 Å². The summed E-state index contributed by atoms with van der Waals surface area (Å²) in [4.78, 5) is 0. The Morgan fingerprint density at radius 3 is 2.19 bits per heavy atom. The maximum Gasteiger partial charge on any atom is 0.136 e. The normalized spacial score (nSPS) is 12.3. The minimum Gasteiger partial charge on any atom is -0.456 e. The van der Waals surface area contributed by atoms with E-state index in [1.165, 1.54) is 10.8 Å². The zero-order valence-corrected chi connectivity index (χ0v) is 20.5. The maximum atomic E-state index is 10.1. The van der Waals surface area contributed by atoms with Crippen LogP contribution in [0.1, 0.15) is 36.3 Å². The minimum absolute atomic E-state index is 0.510. The van der Waals surface area contributed by atoms with Crippen LogP contribution in [-0.2, 0) is 0 Å². The molecule has 5 aromatic rings. The molecule has 0 amide bonds. The second-order valence-corrected chi connectivity index (χ2v) is 8.52. The lowest BCUT2D eigenvalue weighted by Crippen LogP contribution is -2.01. The molecule has 0 N–H and O–H groups in total. The molecule has 0 aliphatic rings. The van der Waals surface area contributed by atoms with Crippen molar-refractivity contribution in [1.29, 1.82) is 5.26 Å². The number of fused-ring (bicyclic) bond motifs is 4. The number of furan rings is 1. The number of benzene rings is 3. The van der Waals surface area contributed by atoms with E-state index in [1.54, 1.807) is 12.1 Å². The van der Waals surface area contributed by atoms with Crippen molar-refractivity contribution in [2.24, 2.45) is 0 Å². The van der Waals surface area contributed by atoms with Gasteiger partial charge in [-0.25, -0.2) is 0 Å². The van der Waals surface area contributed by atoms with Gasteiger partial charge in [-0.2, -0.15) is 5.26 Å². The van der Waals surface area contributed by atoms with Gasteiger partial charge < -0.3 is 8.98 Å². The Hall–Kier alpha value is -4.81. The zero-order valence-electron chi connectivity index (χ0n) is 20.5. The molecule has 3 nitrogen and oxygen atoms in total. The first-order chi connectivity index (χ1) is 17.6. The Morgan fingerprint density at radius 2 is 1.61 bits per heavy atom. The number of nitrogens with zero attached hydrogens (tertiary/aromatic N) is 2. The Balaban J connectivity index is 1.81. The molecule has 0 aliphatic carbocycles. The molecule has 0 fully saturated rings. The molecule has 0 saturated heterocycles. The number of para-hydroxylation sites is 2. The van der Waals surface area contributed by atoms with Gasteiger partial charge in [-0.3, -0.25) is 0 Å². The van der Waals surface area contributed by atoms with E-state index in [0.29, 0.717) is 11.1 Å². The summed E-state index contributed by atoms with van der Waals surface area (Å²) in [5.74, 6) is 0.723. The smallest absolute Gasteiger partial charge is 0.136 e. The second-order valence-electron chi connectivity index (χ2n) is 8.52. The molecule has 0 bridgehead atoms. The van der Waals surface area contributed by atoms with Crippen LogP contribution in [-0.4, -0.2) is 4.57 Å². The van der Waals surface area contributed by atoms with Crippen molar-refractivity contribution in [3.05, 3.63) is 121 Å². The summed E-state index contributed by atoms with van der Waals surface area (Å²) in [5.41, 5.74) is 6.65. The van der Waals surface area contributed by atoms with Gasteiger partial charge in [0.25, 0.3) is 0 Å². The van der Waals surface area contributed by atoms with E-state index in [1.807, 2.05) is 56.4 Å². The van der Waals surface area contributed by atoms with E-state index in [-0.39, 0.29) is 0 Å². The number of hydrogen-bond donors (Lipinski definition) is 0. The summed E-state index contributed by atoms with van der Waals surface area (Å²) in [6.07, 6.45) is 11.7. The lowest BCUT2D eigenvalue weighted by Gasteiger charge is -2.17. The van der Waals surface area contributed by atoms with Crippen LogP contribution in [0.3, 0.4) is 0 Å². The average molecular weight is 467 g/mol. The van der Waals surface area contributed by atoms with E-state index < -0.39 is 0 Å². The monoisotopic (exact) mass is 466 g/mol. The number of aromatic nitrogens is 1. The zero-order chi connectivity index (χ0) is 25.2. The third kappa shape index (κ3) is 3.61. The van der Waals surface area contributed by atoms with Crippen molar-refractivity contribution < 1.29 is 4.42 Å². The first kappa shape index (κ1) is 23.0. The summed E-state index contributed by atoms with van der Waals surface area (Å²) in [5, 5.41) is 13.3. The van der Waals surface area contributed by atoms with E-state index in [4.69, 9.17) is 4.42 Å². The van der Waals surface area contributed by atoms with Gasteiger partial charge in [0.05, 0.1) is 28.4 Å². The predicted octanol–water partition coefficient (Wildman–Crippen LogP) is 9.22. The highest BCUT2D eigenvalue weighted by Crippen LogP contribution is 2.39. The van der Waals surface area contributed by atoms with Gasteiger partial charge in [0.2, 0.25) is 0 Å². The summed E-state index contributed by atoms with van der Waals surface area (Å²) < 4.78 is 8.28. The van der Waals surface area contributed by atoms with Crippen molar-refractivity contribution in [1.82, 2.24) is 4.57 Å². The lowest BCUT2D eigenvalue weighted by atomic mass is 9.95. The average Bonchev–Trinajstić information content (AvgIpc) is 3.43. The van der Waals surface area contributed by atoms with Crippen LogP contribution in [0.4, 0.5) is 0 Å². The molecule has 2 heterocycles. The largest absolute Gasteiger partial charge is 0.456 e. The molecular formula is C33H26N2O. The summed E-state index contributed by atoms with van der Waals surface area (Å²) in [6.45, 7) is 12.4. The number of rotatable bonds is 6. The van der Waals surface area contributed by atoms with Crippen molar-refractivity contribution in [2.45, 2.75) is 13.8 Å². The highest BCUT2D eigenvalue weighted by molar-refractivity contribution is 6.14. The standard InChI is InChI=1S/C33H26N2O/c1-5-8-16-29(35-30-17-11-9-14-25(30)26-15-10-12-18-31(26)35)22(4)27-20-28-24(7-3)32(13-6-2)36-33(28)19-23(27)21-34/h5-20H,3-4H2,1-2H3/b8-5-,13-6-,29-16+. The summed E-state index contributed by atoms with van der Waals surface area (Å²) in [6, 6.07) is 22.9. The molecule has 0 saturated carbocycles. The van der Waals surface area contributed by atoms with E-state index in [0.717, 1.165) is 44.6 Å². The Labute approximate surface area is 210 Å². The minimum atomic E-state index is 0.510. The maximum absolute atomic E-state index is 10.1. The van der Waals surface area contributed by atoms with Gasteiger partial charge in [0.15, 0.2) is 0 Å². The third-order valence-corrected chi connectivity index (χ3v) is 6.44. The molecule has 3 aromatic carbocycles. The molecule has 0 aliphatic heterocycles. The first-order valence-electron chi connectivity index (χ1n) is 11.9. The molecule has 0 atom stereocenters. The van der Waals surface area contributed by atoms with Gasteiger partial charge >= 0.3 is 0 Å². The molecule has 174 valence electrons. The van der Waals surface area contributed by atoms with E-state index in [9.17, 15) is 5.26 Å². The van der Waals surface area contributed by atoms with Crippen LogP contribution in [0, 0.1) is 11.3 Å². The number of hydrogen-bond acceptors (Lipinski definition) is 2. The van der Waals surface area contributed by atoms with E-state index in [2.05, 4.69) is 66.3 Å². The third-order valence-electron chi connectivity index (χ3n) is 6.44. The van der Waals surface area contributed by atoms with Crippen LogP contribution < -0.4 is 0 Å². The Kier molecular flexibility index (Phi) is 6.02. The molecule has 2 aromatic heterocycles. The highest BCUT2D eigenvalue weighted by atomic mass is 16.3. The second kappa shape index (κ2) is 9.44. The Morgan fingerprint density at radius 1 is 0.944 bits per heavy atom. The van der Waals surface area contributed by atoms with Crippen LogP contribution in [0.25, 0.3) is 56.2 Å². The molecule has 5 rings (SSSR count). The van der Waals surface area contributed by atoms with Crippen molar-refractivity contribution in [2.75, 3.05) is 0 Å². The topological polar surface area (TPSA) is 41.9 Å². The lowest BCUT2D eigenvalue weighted by molar-refractivity contribution is 0.603. The SMILES string of the molecule is C=Cc1c(/C=C\C)oc2cc(C#N)c(C(=C)/C(=C\C=C/C)n3c4ccccc4c4ccccc43)cc12. The molecule has 0 unspecified atom stereocenters. The molecular weight excluding hydrogens is 440 g/mol. The first-order valence-corrected chi connectivity index (χ1v) is 11.9. The summed E-state index contributed by atoms with van der Waals surface area (Å²) in [7, 11) is 0. The molecule has 36 heavy (non-hydrogen) atoms. The van der Waals surface area contributed by atoms with E-state index >= 15 is 0 Å². The highest BCUT2D eigenvalue weighted by Gasteiger charge is 2.20. The quantitative estimate of drug-likeness (QED) is 0.234. The fourth-order valence-electron chi connectivity index (χ4n) is 4.83. The Bertz CT molecular complexity index is 1740. The van der Waals surface area contributed by atoms with Gasteiger partial charge in [-0.05, 0) is 55.8 Å². The fourth-order valence-corrected chi connectivity index (χ4v) is 4.83. The summed E-state index contributed by atoms with van der Waals surface area (Å²) >= 11 is 0. The van der Waals surface area contributed by atoms with Crippen LogP contribution in [0.5, 0.6) is 0 Å². The molecule has 0 spiro atoms.